The molecular formula is C15H12FIN2O. The fourth-order valence-corrected chi connectivity index (χ4v) is 2.58. The predicted octanol–water partition coefficient (Wildman–Crippen LogP) is 3.77. The molecule has 2 aromatic rings. The molecule has 0 unspecified atom stereocenters. The van der Waals surface area contributed by atoms with Gasteiger partial charge in [0.05, 0.1) is 20.9 Å². The van der Waals surface area contributed by atoms with E-state index in [1.54, 1.807) is 18.2 Å². The number of aryl methyl sites for hydroxylation is 1. The van der Waals surface area contributed by atoms with E-state index < -0.39 is 0 Å². The molecule has 0 amide bonds. The van der Waals surface area contributed by atoms with Crippen LogP contribution in [-0.4, -0.2) is 0 Å². The van der Waals surface area contributed by atoms with Gasteiger partial charge in [0.2, 0.25) is 0 Å². The highest BCUT2D eigenvalue weighted by atomic mass is 127. The number of benzene rings is 2. The lowest BCUT2D eigenvalue weighted by Gasteiger charge is -2.12. The van der Waals surface area contributed by atoms with Gasteiger partial charge < -0.3 is 10.5 Å². The molecule has 0 aliphatic rings. The van der Waals surface area contributed by atoms with Crippen LogP contribution in [0.2, 0.25) is 0 Å². The summed E-state index contributed by atoms with van der Waals surface area (Å²) in [5, 5.41) is 8.86. The number of rotatable bonds is 3. The van der Waals surface area contributed by atoms with Gasteiger partial charge in [0.15, 0.2) is 5.75 Å². The van der Waals surface area contributed by atoms with Gasteiger partial charge in [-0.25, -0.2) is 4.39 Å². The summed E-state index contributed by atoms with van der Waals surface area (Å²) in [5.41, 5.74) is 8.49. The van der Waals surface area contributed by atoms with Crippen LogP contribution in [-0.2, 0) is 6.61 Å². The first-order chi connectivity index (χ1) is 9.51. The lowest BCUT2D eigenvalue weighted by Crippen LogP contribution is -2.03. The zero-order valence-electron chi connectivity index (χ0n) is 10.8. The fraction of sp³-hybridized carbons (Fsp3) is 0.133. The summed E-state index contributed by atoms with van der Waals surface area (Å²) in [6, 6.07) is 9.87. The first kappa shape index (κ1) is 14.6. The van der Waals surface area contributed by atoms with Crippen LogP contribution in [0, 0.1) is 27.6 Å². The molecule has 0 bridgehead atoms. The van der Waals surface area contributed by atoms with Gasteiger partial charge in [-0.15, -0.1) is 0 Å². The average molecular weight is 382 g/mol. The molecule has 0 fully saturated rings. The standard InChI is InChI=1S/C15H12FIN2O/c1-9-2-3-12(16)6-11(9)8-20-15-13(17)4-10(7-18)5-14(15)19/h2-6H,8,19H2,1H3. The number of nitrogens with two attached hydrogens (primary N) is 1. The second kappa shape index (κ2) is 6.09. The number of hydrogen-bond acceptors (Lipinski definition) is 3. The van der Waals surface area contributed by atoms with Crippen LogP contribution in [0.1, 0.15) is 16.7 Å². The highest BCUT2D eigenvalue weighted by molar-refractivity contribution is 14.1. The first-order valence-corrected chi connectivity index (χ1v) is 6.96. The average Bonchev–Trinajstić information content (AvgIpc) is 2.41. The maximum Gasteiger partial charge on any atom is 0.156 e. The van der Waals surface area contributed by atoms with Crippen LogP contribution >= 0.6 is 22.6 Å². The molecule has 0 spiro atoms. The lowest BCUT2D eigenvalue weighted by atomic mass is 10.1. The number of nitrogens with zero attached hydrogens (tertiary/aromatic N) is 1. The Morgan fingerprint density at radius 1 is 1.35 bits per heavy atom. The van der Waals surface area contributed by atoms with Gasteiger partial charge in [-0.2, -0.15) is 5.26 Å². The van der Waals surface area contributed by atoms with Crippen molar-refractivity contribution in [3.05, 3.63) is 56.4 Å². The zero-order valence-corrected chi connectivity index (χ0v) is 12.9. The summed E-state index contributed by atoms with van der Waals surface area (Å²) in [6.45, 7) is 2.13. The summed E-state index contributed by atoms with van der Waals surface area (Å²) in [6.07, 6.45) is 0. The minimum absolute atomic E-state index is 0.232. The molecule has 102 valence electrons. The molecule has 5 heteroatoms. The molecule has 0 saturated heterocycles. The molecule has 0 radical (unpaired) electrons. The Balaban J connectivity index is 2.23. The van der Waals surface area contributed by atoms with E-state index in [2.05, 4.69) is 22.6 Å². The monoisotopic (exact) mass is 382 g/mol. The van der Waals surface area contributed by atoms with Crippen molar-refractivity contribution in [2.24, 2.45) is 0 Å². The zero-order chi connectivity index (χ0) is 14.7. The SMILES string of the molecule is Cc1ccc(F)cc1COc1c(N)cc(C#N)cc1I. The summed E-state index contributed by atoms with van der Waals surface area (Å²) in [7, 11) is 0. The van der Waals surface area contributed by atoms with Crippen molar-refractivity contribution in [2.45, 2.75) is 13.5 Å². The van der Waals surface area contributed by atoms with Crippen molar-refractivity contribution in [2.75, 3.05) is 5.73 Å². The smallest absolute Gasteiger partial charge is 0.156 e. The van der Waals surface area contributed by atoms with Crippen molar-refractivity contribution >= 4 is 28.3 Å². The van der Waals surface area contributed by atoms with Crippen LogP contribution in [0.15, 0.2) is 30.3 Å². The van der Waals surface area contributed by atoms with E-state index >= 15 is 0 Å². The molecular weight excluding hydrogens is 370 g/mol. The maximum atomic E-state index is 13.2. The van der Waals surface area contributed by atoms with Gasteiger partial charge in [0.1, 0.15) is 12.4 Å². The quantitative estimate of drug-likeness (QED) is 0.650. The predicted molar refractivity (Wildman–Crippen MR) is 83.8 cm³/mol. The fourth-order valence-electron chi connectivity index (χ4n) is 1.78. The van der Waals surface area contributed by atoms with Crippen molar-refractivity contribution in [3.8, 4) is 11.8 Å². The Hall–Kier alpha value is -1.81. The first-order valence-electron chi connectivity index (χ1n) is 5.88. The molecule has 20 heavy (non-hydrogen) atoms. The number of nitrogen functional groups attached to an aromatic ring is 1. The van der Waals surface area contributed by atoms with Crippen molar-refractivity contribution in [3.63, 3.8) is 0 Å². The molecule has 0 saturated carbocycles. The van der Waals surface area contributed by atoms with E-state index in [-0.39, 0.29) is 12.4 Å². The number of hydrogen-bond donors (Lipinski definition) is 1. The van der Waals surface area contributed by atoms with Crippen LogP contribution < -0.4 is 10.5 Å². The maximum absolute atomic E-state index is 13.2. The normalized spacial score (nSPS) is 10.1. The Morgan fingerprint density at radius 2 is 2.10 bits per heavy atom. The minimum atomic E-state index is -0.295. The van der Waals surface area contributed by atoms with E-state index in [0.29, 0.717) is 17.0 Å². The molecule has 0 heterocycles. The third kappa shape index (κ3) is 3.20. The van der Waals surface area contributed by atoms with Crippen molar-refractivity contribution < 1.29 is 9.13 Å². The van der Waals surface area contributed by atoms with E-state index in [4.69, 9.17) is 15.7 Å². The summed E-state index contributed by atoms with van der Waals surface area (Å²) >= 11 is 2.06. The summed E-state index contributed by atoms with van der Waals surface area (Å²) in [4.78, 5) is 0. The molecule has 2 aromatic carbocycles. The third-order valence-electron chi connectivity index (χ3n) is 2.88. The second-order valence-electron chi connectivity index (χ2n) is 4.35. The minimum Gasteiger partial charge on any atom is -0.486 e. The van der Waals surface area contributed by atoms with Crippen LogP contribution in [0.5, 0.6) is 5.75 Å². The highest BCUT2D eigenvalue weighted by Crippen LogP contribution is 2.30. The Kier molecular flexibility index (Phi) is 4.45. The molecule has 0 aliphatic heterocycles. The van der Waals surface area contributed by atoms with Gasteiger partial charge in [0.25, 0.3) is 0 Å². The largest absolute Gasteiger partial charge is 0.486 e. The van der Waals surface area contributed by atoms with Crippen LogP contribution in [0.25, 0.3) is 0 Å². The van der Waals surface area contributed by atoms with Crippen LogP contribution in [0.4, 0.5) is 10.1 Å². The second-order valence-corrected chi connectivity index (χ2v) is 5.51. The summed E-state index contributed by atoms with van der Waals surface area (Å²) < 4.78 is 19.7. The molecule has 3 nitrogen and oxygen atoms in total. The van der Waals surface area contributed by atoms with Crippen molar-refractivity contribution in [1.82, 2.24) is 0 Å². The Bertz CT molecular complexity index is 672. The molecule has 2 N–H and O–H groups in total. The lowest BCUT2D eigenvalue weighted by molar-refractivity contribution is 0.304. The Morgan fingerprint density at radius 3 is 2.75 bits per heavy atom. The Labute approximate surface area is 130 Å². The number of halogens is 2. The summed E-state index contributed by atoms with van der Waals surface area (Å²) in [5.74, 6) is 0.227. The number of ether oxygens (including phenoxy) is 1. The highest BCUT2D eigenvalue weighted by Gasteiger charge is 2.10. The van der Waals surface area contributed by atoms with E-state index in [1.165, 1.54) is 12.1 Å². The molecule has 0 aromatic heterocycles. The molecule has 0 aliphatic carbocycles. The topological polar surface area (TPSA) is 59.0 Å². The third-order valence-corrected chi connectivity index (χ3v) is 3.69. The molecule has 0 atom stereocenters. The van der Waals surface area contributed by atoms with Gasteiger partial charge in [-0.05, 0) is 64.9 Å². The van der Waals surface area contributed by atoms with E-state index in [1.807, 2.05) is 13.0 Å². The van der Waals surface area contributed by atoms with E-state index in [9.17, 15) is 4.39 Å². The van der Waals surface area contributed by atoms with Gasteiger partial charge in [0, 0.05) is 0 Å². The van der Waals surface area contributed by atoms with Gasteiger partial charge in [-0.1, -0.05) is 6.07 Å². The van der Waals surface area contributed by atoms with Gasteiger partial charge in [-0.3, -0.25) is 0 Å². The molecule has 2 rings (SSSR count). The van der Waals surface area contributed by atoms with E-state index in [0.717, 1.165) is 14.7 Å². The van der Waals surface area contributed by atoms with Crippen molar-refractivity contribution in [1.29, 1.82) is 5.26 Å². The van der Waals surface area contributed by atoms with Crippen LogP contribution in [0.3, 0.4) is 0 Å². The number of nitriles is 1. The van der Waals surface area contributed by atoms with Gasteiger partial charge >= 0.3 is 0 Å². The number of anilines is 1.